The summed E-state index contributed by atoms with van der Waals surface area (Å²) in [6, 6.07) is 12.7. The number of methoxy groups -OCH3 is 1. The SMILES string of the molecule is COc1ccc(-c2cnc3n2CC2CN(Cc4cccs4)CC2C3)cc1.O=C(O)C(F)(F)F. The number of ether oxygens (including phenoxy) is 1. The molecule has 1 saturated heterocycles. The van der Waals surface area contributed by atoms with Gasteiger partial charge in [-0.25, -0.2) is 9.78 Å². The summed E-state index contributed by atoms with van der Waals surface area (Å²) in [4.78, 5) is 17.7. The van der Waals surface area contributed by atoms with Gasteiger partial charge >= 0.3 is 12.1 Å². The number of hydrogen-bond donors (Lipinski definition) is 1. The van der Waals surface area contributed by atoms with E-state index in [0.717, 1.165) is 37.1 Å². The zero-order valence-electron chi connectivity index (χ0n) is 18.0. The smallest absolute Gasteiger partial charge is 0.490 e. The lowest BCUT2D eigenvalue weighted by Crippen LogP contribution is -2.28. The minimum absolute atomic E-state index is 0.730. The fourth-order valence-electron chi connectivity index (χ4n) is 4.47. The molecular weight excluding hydrogens is 455 g/mol. The summed E-state index contributed by atoms with van der Waals surface area (Å²) < 4.78 is 39.5. The molecule has 2 aliphatic heterocycles. The number of rotatable bonds is 4. The number of thiophene rings is 1. The molecule has 2 aromatic heterocycles. The van der Waals surface area contributed by atoms with Crippen LogP contribution in [-0.2, 0) is 24.3 Å². The van der Waals surface area contributed by atoms with Crippen molar-refractivity contribution in [1.29, 1.82) is 0 Å². The van der Waals surface area contributed by atoms with E-state index in [1.54, 1.807) is 7.11 Å². The molecule has 4 heterocycles. The first-order chi connectivity index (χ1) is 15.7. The van der Waals surface area contributed by atoms with Crippen LogP contribution in [0.1, 0.15) is 10.7 Å². The van der Waals surface area contributed by atoms with E-state index in [1.807, 2.05) is 29.7 Å². The fourth-order valence-corrected chi connectivity index (χ4v) is 5.21. The largest absolute Gasteiger partial charge is 0.497 e. The second kappa shape index (κ2) is 9.56. The fraction of sp³-hybridized carbons (Fsp3) is 0.391. The molecular formula is C23H24F3N3O3S. The normalized spacial score (nSPS) is 19.9. The van der Waals surface area contributed by atoms with Crippen LogP contribution in [0.4, 0.5) is 13.2 Å². The van der Waals surface area contributed by atoms with E-state index >= 15 is 0 Å². The van der Waals surface area contributed by atoms with Gasteiger partial charge in [0.05, 0.1) is 19.0 Å². The Bertz CT molecular complexity index is 1080. The Kier molecular flexibility index (Phi) is 6.76. The van der Waals surface area contributed by atoms with Crippen LogP contribution in [0, 0.1) is 11.8 Å². The Hall–Kier alpha value is -2.85. The van der Waals surface area contributed by atoms with Gasteiger partial charge in [-0.1, -0.05) is 6.07 Å². The number of aliphatic carboxylic acids is 1. The van der Waals surface area contributed by atoms with Crippen LogP contribution >= 0.6 is 11.3 Å². The summed E-state index contributed by atoms with van der Waals surface area (Å²) in [7, 11) is 1.71. The van der Waals surface area contributed by atoms with Crippen LogP contribution < -0.4 is 4.74 Å². The summed E-state index contributed by atoms with van der Waals surface area (Å²) in [5, 5.41) is 9.30. The highest BCUT2D eigenvalue weighted by Gasteiger charge is 2.39. The number of alkyl halides is 3. The van der Waals surface area contributed by atoms with E-state index in [-0.39, 0.29) is 0 Å². The Balaban J connectivity index is 0.000000325. The zero-order valence-corrected chi connectivity index (χ0v) is 18.8. The number of imidazole rings is 1. The molecule has 0 bridgehead atoms. The Morgan fingerprint density at radius 1 is 1.18 bits per heavy atom. The van der Waals surface area contributed by atoms with Crippen molar-refractivity contribution in [3.63, 3.8) is 0 Å². The van der Waals surface area contributed by atoms with Crippen molar-refractivity contribution < 1.29 is 27.8 Å². The molecule has 3 aromatic rings. The molecule has 1 fully saturated rings. The minimum Gasteiger partial charge on any atom is -0.497 e. The van der Waals surface area contributed by atoms with E-state index < -0.39 is 12.1 Å². The van der Waals surface area contributed by atoms with Gasteiger partial charge < -0.3 is 14.4 Å². The van der Waals surface area contributed by atoms with Gasteiger partial charge in [0.25, 0.3) is 0 Å². The van der Waals surface area contributed by atoms with Crippen molar-refractivity contribution in [2.75, 3.05) is 20.2 Å². The molecule has 2 aliphatic rings. The summed E-state index contributed by atoms with van der Waals surface area (Å²) in [6.45, 7) is 4.58. The van der Waals surface area contributed by atoms with E-state index in [1.165, 1.54) is 35.0 Å². The maximum Gasteiger partial charge on any atom is 0.490 e. The molecule has 0 saturated carbocycles. The van der Waals surface area contributed by atoms with Crippen molar-refractivity contribution in [3.8, 4) is 17.0 Å². The summed E-state index contributed by atoms with van der Waals surface area (Å²) in [5.41, 5.74) is 2.45. The Morgan fingerprint density at radius 3 is 2.48 bits per heavy atom. The maximum absolute atomic E-state index is 10.6. The van der Waals surface area contributed by atoms with E-state index in [2.05, 4.69) is 39.1 Å². The molecule has 2 atom stereocenters. The van der Waals surface area contributed by atoms with Gasteiger partial charge in [0.2, 0.25) is 0 Å². The predicted molar refractivity (Wildman–Crippen MR) is 118 cm³/mol. The number of benzene rings is 1. The summed E-state index contributed by atoms with van der Waals surface area (Å²) in [5.74, 6) is 0.858. The van der Waals surface area contributed by atoms with E-state index in [0.29, 0.717) is 0 Å². The second-order valence-corrected chi connectivity index (χ2v) is 9.23. The molecule has 0 aliphatic carbocycles. The van der Waals surface area contributed by atoms with E-state index in [4.69, 9.17) is 19.6 Å². The van der Waals surface area contributed by atoms with Crippen LogP contribution in [0.5, 0.6) is 5.75 Å². The first kappa shape index (κ1) is 23.3. The predicted octanol–water partition coefficient (Wildman–Crippen LogP) is 4.56. The molecule has 1 aromatic carbocycles. The standard InChI is InChI=1S/C21H23N3OS.C2HF3O2/c1-25-18-6-4-15(5-7-18)20-10-22-21-9-16-11-23(12-17(16)13-24(20)21)14-19-3-2-8-26-19;3-2(4,5)1(6)7/h2-8,10,16-17H,9,11-14H2,1H3;(H,6,7). The van der Waals surface area contributed by atoms with Crippen LogP contribution in [0.2, 0.25) is 0 Å². The average Bonchev–Trinajstić information content (AvgIpc) is 3.51. The van der Waals surface area contributed by atoms with Gasteiger partial charge in [-0.15, -0.1) is 11.3 Å². The number of hydrogen-bond acceptors (Lipinski definition) is 5. The lowest BCUT2D eigenvalue weighted by molar-refractivity contribution is -0.192. The first-order valence-corrected chi connectivity index (χ1v) is 11.4. The third kappa shape index (κ3) is 5.39. The molecule has 5 rings (SSSR count). The number of aromatic nitrogens is 2. The van der Waals surface area contributed by atoms with Crippen molar-refractivity contribution in [3.05, 3.63) is 58.7 Å². The third-order valence-electron chi connectivity index (χ3n) is 6.04. The highest BCUT2D eigenvalue weighted by atomic mass is 32.1. The quantitative estimate of drug-likeness (QED) is 0.594. The molecule has 0 radical (unpaired) electrons. The zero-order chi connectivity index (χ0) is 23.6. The lowest BCUT2D eigenvalue weighted by Gasteiger charge is -2.27. The number of carbonyl (C=O) groups is 1. The van der Waals surface area contributed by atoms with Gasteiger partial charge in [-0.3, -0.25) is 4.90 Å². The van der Waals surface area contributed by atoms with E-state index in [9.17, 15) is 13.2 Å². The van der Waals surface area contributed by atoms with Gasteiger partial charge in [0, 0.05) is 43.0 Å². The maximum atomic E-state index is 10.6. The van der Waals surface area contributed by atoms with Crippen LogP contribution in [0.15, 0.2) is 48.0 Å². The molecule has 0 amide bonds. The van der Waals surface area contributed by atoms with Gasteiger partial charge in [0.1, 0.15) is 11.6 Å². The molecule has 0 spiro atoms. The highest BCUT2D eigenvalue weighted by molar-refractivity contribution is 7.09. The van der Waals surface area contributed by atoms with Gasteiger partial charge in [-0.05, 0) is 47.5 Å². The monoisotopic (exact) mass is 479 g/mol. The molecule has 176 valence electrons. The van der Waals surface area contributed by atoms with Crippen molar-refractivity contribution in [2.45, 2.75) is 25.7 Å². The van der Waals surface area contributed by atoms with Crippen LogP contribution in [0.25, 0.3) is 11.3 Å². The molecule has 1 N–H and O–H groups in total. The third-order valence-corrected chi connectivity index (χ3v) is 6.90. The van der Waals surface area contributed by atoms with Crippen molar-refractivity contribution in [2.24, 2.45) is 11.8 Å². The number of halogens is 3. The van der Waals surface area contributed by atoms with Gasteiger partial charge in [0.15, 0.2) is 0 Å². The molecule has 6 nitrogen and oxygen atoms in total. The van der Waals surface area contributed by atoms with Crippen LogP contribution in [-0.4, -0.2) is 51.9 Å². The Labute approximate surface area is 193 Å². The number of likely N-dealkylation sites (tertiary alicyclic amines) is 1. The minimum atomic E-state index is -5.08. The number of carboxylic acid groups (broad SMARTS) is 1. The number of carboxylic acids is 1. The number of fused-ring (bicyclic) bond motifs is 2. The van der Waals surface area contributed by atoms with Crippen molar-refractivity contribution in [1.82, 2.24) is 14.5 Å². The molecule has 10 heteroatoms. The summed E-state index contributed by atoms with van der Waals surface area (Å²) in [6.07, 6.45) is -1.94. The highest BCUT2D eigenvalue weighted by Crippen LogP contribution is 2.36. The topological polar surface area (TPSA) is 67.6 Å². The number of nitrogens with zero attached hydrogens (tertiary/aromatic N) is 3. The molecule has 2 unspecified atom stereocenters. The first-order valence-electron chi connectivity index (χ1n) is 10.5. The lowest BCUT2D eigenvalue weighted by atomic mass is 9.89. The second-order valence-electron chi connectivity index (χ2n) is 8.20. The molecule has 33 heavy (non-hydrogen) atoms. The van der Waals surface area contributed by atoms with Gasteiger partial charge in [-0.2, -0.15) is 13.2 Å². The Morgan fingerprint density at radius 2 is 1.88 bits per heavy atom. The average molecular weight is 480 g/mol. The van der Waals surface area contributed by atoms with Crippen LogP contribution in [0.3, 0.4) is 0 Å². The summed E-state index contributed by atoms with van der Waals surface area (Å²) >= 11 is 1.87. The van der Waals surface area contributed by atoms with Crippen molar-refractivity contribution >= 4 is 17.3 Å².